The second-order valence-corrected chi connectivity index (χ2v) is 10.3. The number of benzene rings is 2. The molecule has 2 rings (SSSR count). The Morgan fingerprint density at radius 2 is 1.67 bits per heavy atom. The zero-order valence-corrected chi connectivity index (χ0v) is 19.4. The predicted octanol–water partition coefficient (Wildman–Crippen LogP) is 5.11. The molecular formula is C24H33ClN2O3. The first-order valence-electron chi connectivity index (χ1n) is 10.0. The Labute approximate surface area is 184 Å². The average molecular weight is 433 g/mol. The Hall–Kier alpha value is -2.08. The number of carbonyl (C=O) groups is 1. The molecule has 1 amide bonds. The van der Waals surface area contributed by atoms with Gasteiger partial charge in [0, 0.05) is 22.7 Å². The molecule has 1 atom stereocenters. The summed E-state index contributed by atoms with van der Waals surface area (Å²) in [6.07, 6.45) is 0.268. The zero-order valence-electron chi connectivity index (χ0n) is 18.7. The van der Waals surface area contributed by atoms with E-state index in [4.69, 9.17) is 22.1 Å². The summed E-state index contributed by atoms with van der Waals surface area (Å²) in [6, 6.07) is 12.6. The molecule has 0 spiro atoms. The molecule has 0 aliphatic rings. The Morgan fingerprint density at radius 3 is 2.20 bits per heavy atom. The van der Waals surface area contributed by atoms with Crippen molar-refractivity contribution >= 4 is 17.7 Å². The topological polar surface area (TPSA) is 84.6 Å². The fourth-order valence-electron chi connectivity index (χ4n) is 3.15. The SMILES string of the molecule is CC(C)(C)Cc1ccc(Cl)cc1C(N)(O)c1ccc(CNC(=O)OC(C)(C)C)cc1. The number of alkyl carbamates (subject to hydrolysis) is 1. The van der Waals surface area contributed by atoms with Crippen LogP contribution in [0.15, 0.2) is 42.5 Å². The molecule has 0 aromatic heterocycles. The van der Waals surface area contributed by atoms with Gasteiger partial charge < -0.3 is 15.2 Å². The van der Waals surface area contributed by atoms with E-state index in [0.29, 0.717) is 22.7 Å². The number of nitrogens with two attached hydrogens (primary N) is 1. The minimum atomic E-state index is -1.69. The minimum Gasteiger partial charge on any atom is -0.444 e. The van der Waals surface area contributed by atoms with Gasteiger partial charge in [-0.3, -0.25) is 5.73 Å². The first-order chi connectivity index (χ1) is 13.7. The lowest BCUT2D eigenvalue weighted by Crippen LogP contribution is -2.39. The number of hydrogen-bond donors (Lipinski definition) is 3. The lowest BCUT2D eigenvalue weighted by molar-refractivity contribution is 0.0523. The van der Waals surface area contributed by atoms with Crippen LogP contribution in [0.5, 0.6) is 0 Å². The lowest BCUT2D eigenvalue weighted by Gasteiger charge is -2.29. The van der Waals surface area contributed by atoms with E-state index in [1.807, 2.05) is 45.0 Å². The highest BCUT2D eigenvalue weighted by Gasteiger charge is 2.30. The maximum Gasteiger partial charge on any atom is 0.407 e. The molecule has 0 fully saturated rings. The van der Waals surface area contributed by atoms with E-state index < -0.39 is 17.4 Å². The van der Waals surface area contributed by atoms with E-state index in [1.165, 1.54) is 0 Å². The van der Waals surface area contributed by atoms with Crippen LogP contribution >= 0.6 is 11.6 Å². The van der Waals surface area contributed by atoms with Crippen LogP contribution in [-0.2, 0) is 23.4 Å². The van der Waals surface area contributed by atoms with E-state index in [2.05, 4.69) is 26.1 Å². The Balaban J connectivity index is 2.21. The third kappa shape index (κ3) is 7.01. The largest absolute Gasteiger partial charge is 0.444 e. The molecule has 2 aromatic rings. The second kappa shape index (κ2) is 8.96. The highest BCUT2D eigenvalue weighted by atomic mass is 35.5. The molecule has 5 nitrogen and oxygen atoms in total. The minimum absolute atomic E-state index is 0.0237. The van der Waals surface area contributed by atoms with Gasteiger partial charge in [-0.05, 0) is 55.9 Å². The number of hydrogen-bond acceptors (Lipinski definition) is 4. The van der Waals surface area contributed by atoms with Crippen molar-refractivity contribution in [3.8, 4) is 0 Å². The van der Waals surface area contributed by atoms with Crippen molar-refractivity contribution in [2.75, 3.05) is 0 Å². The summed E-state index contributed by atoms with van der Waals surface area (Å²) in [4.78, 5) is 11.8. The van der Waals surface area contributed by atoms with Crippen molar-refractivity contribution < 1.29 is 14.6 Å². The van der Waals surface area contributed by atoms with Gasteiger partial charge >= 0.3 is 6.09 Å². The van der Waals surface area contributed by atoms with Gasteiger partial charge in [-0.1, -0.05) is 62.7 Å². The van der Waals surface area contributed by atoms with Crippen LogP contribution < -0.4 is 11.1 Å². The van der Waals surface area contributed by atoms with Crippen LogP contribution in [0, 0.1) is 5.41 Å². The third-order valence-corrected chi connectivity index (χ3v) is 4.67. The van der Waals surface area contributed by atoms with Gasteiger partial charge in [-0.15, -0.1) is 0 Å². The molecule has 1 unspecified atom stereocenters. The fourth-order valence-corrected chi connectivity index (χ4v) is 3.32. The predicted molar refractivity (Wildman–Crippen MR) is 121 cm³/mol. The van der Waals surface area contributed by atoms with E-state index in [-0.39, 0.29) is 5.41 Å². The summed E-state index contributed by atoms with van der Waals surface area (Å²) in [7, 11) is 0. The molecule has 0 bridgehead atoms. The standard InChI is InChI=1S/C24H33ClN2O3/c1-22(2,3)14-17-9-12-19(25)13-20(17)24(26,29)18-10-7-16(8-11-18)15-27-21(28)30-23(4,5)6/h7-13,29H,14-15,26H2,1-6H3,(H,27,28). The van der Waals surface area contributed by atoms with Gasteiger partial charge in [0.25, 0.3) is 0 Å². The molecule has 0 heterocycles. The van der Waals surface area contributed by atoms with Crippen molar-refractivity contribution in [3.05, 3.63) is 69.7 Å². The molecular weight excluding hydrogens is 400 g/mol. The van der Waals surface area contributed by atoms with Crippen molar-refractivity contribution in [3.63, 3.8) is 0 Å². The Bertz CT molecular complexity index is 879. The van der Waals surface area contributed by atoms with Crippen LogP contribution in [0.3, 0.4) is 0 Å². The van der Waals surface area contributed by atoms with Crippen LogP contribution in [0.2, 0.25) is 5.02 Å². The molecule has 164 valence electrons. The Morgan fingerprint density at radius 1 is 1.07 bits per heavy atom. The van der Waals surface area contributed by atoms with Crippen molar-refractivity contribution in [1.29, 1.82) is 0 Å². The summed E-state index contributed by atoms with van der Waals surface area (Å²) >= 11 is 6.20. The summed E-state index contributed by atoms with van der Waals surface area (Å²) in [5.41, 5.74) is 7.12. The van der Waals surface area contributed by atoms with Crippen molar-refractivity contribution in [2.24, 2.45) is 11.1 Å². The molecule has 6 heteroatoms. The second-order valence-electron chi connectivity index (χ2n) is 9.86. The van der Waals surface area contributed by atoms with Gasteiger partial charge in [0.05, 0.1) is 0 Å². The molecule has 0 saturated heterocycles. The summed E-state index contributed by atoms with van der Waals surface area (Å²) in [6.45, 7) is 12.1. The van der Waals surface area contributed by atoms with Crippen molar-refractivity contribution in [2.45, 2.75) is 65.8 Å². The van der Waals surface area contributed by atoms with Crippen LogP contribution in [0.4, 0.5) is 4.79 Å². The van der Waals surface area contributed by atoms with Crippen LogP contribution in [0.1, 0.15) is 63.8 Å². The molecule has 4 N–H and O–H groups in total. The third-order valence-electron chi connectivity index (χ3n) is 4.43. The number of carbonyl (C=O) groups excluding carboxylic acids is 1. The first-order valence-corrected chi connectivity index (χ1v) is 10.4. The van der Waals surface area contributed by atoms with E-state index in [9.17, 15) is 9.90 Å². The quantitative estimate of drug-likeness (QED) is 0.573. The first kappa shape index (κ1) is 24.2. The van der Waals surface area contributed by atoms with Gasteiger partial charge in [0.15, 0.2) is 5.72 Å². The van der Waals surface area contributed by atoms with Crippen molar-refractivity contribution in [1.82, 2.24) is 5.32 Å². The molecule has 0 aliphatic carbocycles. The Kier molecular flexibility index (Phi) is 7.23. The maximum atomic E-state index is 11.8. The summed E-state index contributed by atoms with van der Waals surface area (Å²) in [5.74, 6) is 0. The number of halogens is 1. The smallest absolute Gasteiger partial charge is 0.407 e. The van der Waals surface area contributed by atoms with Gasteiger partial charge in [-0.2, -0.15) is 0 Å². The lowest BCUT2D eigenvalue weighted by atomic mass is 9.82. The van der Waals surface area contributed by atoms with E-state index >= 15 is 0 Å². The van der Waals surface area contributed by atoms with Gasteiger partial charge in [-0.25, -0.2) is 4.79 Å². The monoisotopic (exact) mass is 432 g/mol. The van der Waals surface area contributed by atoms with Crippen LogP contribution in [-0.4, -0.2) is 16.8 Å². The van der Waals surface area contributed by atoms with E-state index in [1.54, 1.807) is 18.2 Å². The molecule has 0 saturated carbocycles. The summed E-state index contributed by atoms with van der Waals surface area (Å²) in [5, 5.41) is 14.5. The van der Waals surface area contributed by atoms with E-state index in [0.717, 1.165) is 17.5 Å². The molecule has 2 aromatic carbocycles. The number of ether oxygens (including phenoxy) is 1. The maximum absolute atomic E-state index is 11.8. The summed E-state index contributed by atoms with van der Waals surface area (Å²) < 4.78 is 5.24. The normalized spacial score (nSPS) is 14.2. The number of aliphatic hydroxyl groups is 1. The molecule has 30 heavy (non-hydrogen) atoms. The number of nitrogens with one attached hydrogen (secondary N) is 1. The zero-order chi connectivity index (χ0) is 22.7. The van der Waals surface area contributed by atoms with Gasteiger partial charge in [0.2, 0.25) is 0 Å². The highest BCUT2D eigenvalue weighted by Crippen LogP contribution is 2.33. The van der Waals surface area contributed by atoms with Gasteiger partial charge in [0.1, 0.15) is 5.60 Å². The number of rotatable bonds is 5. The molecule has 0 aliphatic heterocycles. The molecule has 0 radical (unpaired) electrons. The van der Waals surface area contributed by atoms with Crippen LogP contribution in [0.25, 0.3) is 0 Å². The highest BCUT2D eigenvalue weighted by molar-refractivity contribution is 6.30. The fraction of sp³-hybridized carbons (Fsp3) is 0.458. The average Bonchev–Trinajstić information content (AvgIpc) is 2.59. The number of amides is 1.